The first-order valence-electron chi connectivity index (χ1n) is 26.6. The van der Waals surface area contributed by atoms with E-state index in [1.54, 1.807) is 0 Å². The molecule has 35 atom stereocenters. The second-order valence-electron chi connectivity index (χ2n) is 21.1. The summed E-state index contributed by atoms with van der Waals surface area (Å²) in [4.78, 5) is 24.6. The fourth-order valence-corrected chi connectivity index (χ4v) is 10.6. The van der Waals surface area contributed by atoms with Gasteiger partial charge in [-0.3, -0.25) is 9.59 Å². The van der Waals surface area contributed by atoms with E-state index in [1.807, 2.05) is 0 Å². The summed E-state index contributed by atoms with van der Waals surface area (Å²) in [7, 11) is 0. The predicted octanol–water partition coefficient (Wildman–Crippen LogP) is -16.0. The number of carbonyl (C=O) groups excluding carboxylic acids is 2. The Morgan fingerprint density at radius 1 is 0.310 bits per heavy atom. The van der Waals surface area contributed by atoms with Crippen LogP contribution in [-0.2, 0) is 71.2 Å². The van der Waals surface area contributed by atoms with Crippen molar-refractivity contribution >= 4 is 11.8 Å². The molecule has 0 bridgehead atoms. The number of ether oxygens (including phenoxy) is 13. The van der Waals surface area contributed by atoms with E-state index in [0.717, 1.165) is 13.8 Å². The molecule has 38 heteroatoms. The van der Waals surface area contributed by atoms with Crippen LogP contribution in [0.5, 0.6) is 0 Å². The van der Waals surface area contributed by atoms with Gasteiger partial charge >= 0.3 is 0 Å². The van der Waals surface area contributed by atoms with Gasteiger partial charge in [-0.1, -0.05) is 0 Å². The van der Waals surface area contributed by atoms with E-state index >= 15 is 0 Å². The van der Waals surface area contributed by atoms with Crippen LogP contribution in [-0.4, -0.2) is 380 Å². The highest BCUT2D eigenvalue weighted by Gasteiger charge is 2.58. The van der Waals surface area contributed by atoms with Crippen molar-refractivity contribution < 1.29 is 178 Å². The molecule has 0 aromatic heterocycles. The van der Waals surface area contributed by atoms with Crippen LogP contribution >= 0.6 is 0 Å². The van der Waals surface area contributed by atoms with Gasteiger partial charge in [0.2, 0.25) is 11.8 Å². The fraction of sp³-hybridized carbons (Fsp3) is 0.957. The lowest BCUT2D eigenvalue weighted by Gasteiger charge is -2.50. The minimum absolute atomic E-state index is 0.738. The summed E-state index contributed by atoms with van der Waals surface area (Å²) in [5.41, 5.74) is 0. The number of hydrogen-bond acceptors (Lipinski definition) is 36. The standard InChI is InChI=1S/C46H78N2O36/c1-10(54)47-19-25(60)36(14(5-51)74-40(19)71)81-41-20(48-11(2)55)26(61)37(15(6-52)77-41)82-46-35(70)39(84-45-33(68)29(64)23(58)17(79-45)8-72-42-31(66)27(62)21(56)12(3-49)75-42)24(59)18(80-46)9-73-43-34(69)30(65)38(16(7-53)78-43)83-44-32(67)28(63)22(57)13(4-50)76-44/h12-46,49-53,56-71H,3-9H2,1-2H3,(H,47,54)(H,48,55)/t12-,13-,14-,15-,16-,17-,18-,19-,20-,21-,22-,23-,24-,25-,26-,27+,28+,29+,30-,31+,32+,33+,34+,35+,36-,37-,38-,39+,40-,41+,42-,43+,44-,45+,46+/m1/s1. The zero-order valence-corrected chi connectivity index (χ0v) is 44.7. The van der Waals surface area contributed by atoms with Gasteiger partial charge in [0.1, 0.15) is 171 Å². The number of nitrogens with one attached hydrogen (secondary N) is 2. The Morgan fingerprint density at radius 2 is 0.619 bits per heavy atom. The molecule has 84 heavy (non-hydrogen) atoms. The minimum Gasteiger partial charge on any atom is -0.394 e. The minimum atomic E-state index is -2.37. The summed E-state index contributed by atoms with van der Waals surface area (Å²) < 4.78 is 73.9. The number of hydrogen-bond donors (Lipinski definition) is 23. The topological polar surface area (TPSA) is 603 Å². The Labute approximate surface area is 475 Å². The Balaban J connectivity index is 1.14. The van der Waals surface area contributed by atoms with Gasteiger partial charge in [-0.25, -0.2) is 0 Å². The van der Waals surface area contributed by atoms with E-state index in [4.69, 9.17) is 61.6 Å². The molecule has 7 aliphatic heterocycles. The van der Waals surface area contributed by atoms with Crippen molar-refractivity contribution in [2.75, 3.05) is 46.2 Å². The monoisotopic (exact) mass is 1230 g/mol. The molecule has 23 N–H and O–H groups in total. The van der Waals surface area contributed by atoms with Gasteiger partial charge in [0, 0.05) is 13.8 Å². The van der Waals surface area contributed by atoms with Gasteiger partial charge in [-0.05, 0) is 0 Å². The zero-order valence-electron chi connectivity index (χ0n) is 44.7. The lowest BCUT2D eigenvalue weighted by Crippen LogP contribution is -2.70. The van der Waals surface area contributed by atoms with Crippen LogP contribution in [0, 0.1) is 0 Å². The summed E-state index contributed by atoms with van der Waals surface area (Å²) in [6, 6.07) is -3.37. The molecule has 0 radical (unpaired) electrons. The van der Waals surface area contributed by atoms with Crippen LogP contribution in [0.2, 0.25) is 0 Å². The second kappa shape index (κ2) is 29.9. The van der Waals surface area contributed by atoms with Crippen LogP contribution in [0.4, 0.5) is 0 Å². The first-order valence-corrected chi connectivity index (χ1v) is 26.6. The molecular formula is C46H78N2O36. The summed E-state index contributed by atoms with van der Waals surface area (Å²) in [5, 5.41) is 230. The van der Waals surface area contributed by atoms with Crippen LogP contribution in [0.15, 0.2) is 0 Å². The van der Waals surface area contributed by atoms with Gasteiger partial charge in [0.05, 0.1) is 46.2 Å². The third-order valence-corrected chi connectivity index (χ3v) is 15.3. The molecule has 0 aromatic rings. The summed E-state index contributed by atoms with van der Waals surface area (Å²) in [6.07, 6.45) is -64.3. The molecule has 0 spiro atoms. The number of rotatable bonds is 21. The van der Waals surface area contributed by atoms with E-state index in [-0.39, 0.29) is 0 Å². The van der Waals surface area contributed by atoms with E-state index < -0.39 is 273 Å². The highest BCUT2D eigenvalue weighted by Crippen LogP contribution is 2.37. The number of amides is 2. The molecule has 0 aromatic carbocycles. The summed E-state index contributed by atoms with van der Waals surface area (Å²) in [5.74, 6) is -1.61. The second-order valence-corrected chi connectivity index (χ2v) is 21.1. The number of carbonyl (C=O) groups is 2. The molecule has 0 unspecified atom stereocenters. The Morgan fingerprint density at radius 3 is 1.08 bits per heavy atom. The number of aliphatic hydroxyl groups is 21. The average molecular weight is 1240 g/mol. The maximum atomic E-state index is 12.7. The van der Waals surface area contributed by atoms with Crippen LogP contribution in [0.1, 0.15) is 13.8 Å². The Hall–Kier alpha value is -2.42. The normalized spacial score (nSPS) is 50.3. The van der Waals surface area contributed by atoms with Crippen LogP contribution < -0.4 is 10.6 Å². The van der Waals surface area contributed by atoms with Crippen molar-refractivity contribution in [1.29, 1.82) is 0 Å². The molecule has 0 saturated carbocycles. The summed E-state index contributed by atoms with van der Waals surface area (Å²) >= 11 is 0. The van der Waals surface area contributed by atoms with Gasteiger partial charge in [0.15, 0.2) is 44.0 Å². The summed E-state index contributed by atoms with van der Waals surface area (Å²) in [6.45, 7) is -4.64. The van der Waals surface area contributed by atoms with E-state index in [2.05, 4.69) is 10.6 Å². The maximum absolute atomic E-state index is 12.7. The van der Waals surface area contributed by atoms with Gasteiger partial charge in [-0.2, -0.15) is 0 Å². The molecule has 7 saturated heterocycles. The van der Waals surface area contributed by atoms with Gasteiger partial charge in [0.25, 0.3) is 0 Å². The Kier molecular flexibility index (Phi) is 24.6. The molecule has 488 valence electrons. The first-order chi connectivity index (χ1) is 39.7. The van der Waals surface area contributed by atoms with E-state index in [0.29, 0.717) is 0 Å². The number of aliphatic hydroxyl groups excluding tert-OH is 21. The van der Waals surface area contributed by atoms with E-state index in [9.17, 15) is 117 Å². The van der Waals surface area contributed by atoms with Crippen LogP contribution in [0.3, 0.4) is 0 Å². The SMILES string of the molecule is CC(=O)N[C@@H]1[C@@H](O)[C@H](O[C@@H]2O[C@H](CO)[C@@H](O[C@@H]3O[C@H](CO[C@H]4O[C@H](CO)[C@@H](O[C@H]5O[C@H](CO)[C@@H](O)[C@H](O)[C@@H]5O)[C@H](O)[C@@H]4O)[C@@H](O)[C@H](O[C@@H]4O[C@H](CO[C@@H]5O[C@H](CO)[C@@H](O)[C@H](O)[C@@H]5O)[C@@H](O)[C@H](O)[C@@H]4O)[C@@H]3O)[C@H](O)[C@H]2NC(C)=O)[C@@H](CO)O[C@H]1O. The molecule has 7 heterocycles. The first kappa shape index (κ1) is 69.1. The molecule has 7 aliphatic rings. The molecule has 2 amide bonds. The Bertz CT molecular complexity index is 2060. The van der Waals surface area contributed by atoms with Crippen LogP contribution in [0.25, 0.3) is 0 Å². The largest absolute Gasteiger partial charge is 0.394 e. The third-order valence-electron chi connectivity index (χ3n) is 15.3. The van der Waals surface area contributed by atoms with Crippen molar-refractivity contribution in [2.24, 2.45) is 0 Å². The van der Waals surface area contributed by atoms with E-state index in [1.165, 1.54) is 0 Å². The van der Waals surface area contributed by atoms with Crippen molar-refractivity contribution in [3.05, 3.63) is 0 Å². The van der Waals surface area contributed by atoms with Crippen molar-refractivity contribution in [2.45, 2.75) is 229 Å². The highest BCUT2D eigenvalue weighted by molar-refractivity contribution is 5.73. The van der Waals surface area contributed by atoms with Gasteiger partial charge < -0.3 is 179 Å². The molecular weight excluding hydrogens is 1160 g/mol. The van der Waals surface area contributed by atoms with Crippen molar-refractivity contribution in [1.82, 2.24) is 10.6 Å². The quantitative estimate of drug-likeness (QED) is 0.0507. The lowest BCUT2D eigenvalue weighted by atomic mass is 9.94. The fourth-order valence-electron chi connectivity index (χ4n) is 10.6. The third kappa shape index (κ3) is 14.9. The molecule has 38 nitrogen and oxygen atoms in total. The maximum Gasteiger partial charge on any atom is 0.217 e. The molecule has 7 rings (SSSR count). The predicted molar refractivity (Wildman–Crippen MR) is 255 cm³/mol. The van der Waals surface area contributed by atoms with Gasteiger partial charge in [-0.15, -0.1) is 0 Å². The smallest absolute Gasteiger partial charge is 0.217 e. The van der Waals surface area contributed by atoms with Crippen molar-refractivity contribution in [3.63, 3.8) is 0 Å². The van der Waals surface area contributed by atoms with Crippen molar-refractivity contribution in [3.8, 4) is 0 Å². The lowest BCUT2D eigenvalue weighted by molar-refractivity contribution is -0.387. The average Bonchev–Trinajstić information content (AvgIpc) is 3.67. The zero-order chi connectivity index (χ0) is 61.9. The highest BCUT2D eigenvalue weighted by atomic mass is 16.8. The molecule has 7 fully saturated rings. The molecule has 0 aliphatic carbocycles.